The van der Waals surface area contributed by atoms with Crippen molar-refractivity contribution in [1.82, 2.24) is 30.2 Å². The molecule has 10 heteroatoms. The topological polar surface area (TPSA) is 125 Å². The van der Waals surface area contributed by atoms with E-state index in [2.05, 4.69) is 74.9 Å². The van der Waals surface area contributed by atoms with Crippen LogP contribution >= 0.6 is 0 Å². The maximum absolute atomic E-state index is 12.2. The molecule has 10 nitrogen and oxygen atoms in total. The number of imidazole rings is 2. The fourth-order valence-corrected chi connectivity index (χ4v) is 5.58. The van der Waals surface area contributed by atoms with Crippen LogP contribution in [0.15, 0.2) is 60.8 Å². The average molecular weight is 667 g/mol. The second-order valence-electron chi connectivity index (χ2n) is 14.7. The van der Waals surface area contributed by atoms with Crippen molar-refractivity contribution in [2.45, 2.75) is 91.3 Å². The van der Waals surface area contributed by atoms with Crippen LogP contribution in [0.4, 0.5) is 9.59 Å². The molecule has 0 bridgehead atoms. The maximum atomic E-state index is 12.2. The van der Waals surface area contributed by atoms with Gasteiger partial charge in [0, 0.05) is 38.5 Å². The van der Waals surface area contributed by atoms with E-state index < -0.39 is 11.2 Å². The first kappa shape index (κ1) is 35.4. The van der Waals surface area contributed by atoms with Crippen LogP contribution in [-0.4, -0.2) is 68.4 Å². The number of amides is 2. The molecule has 0 spiro atoms. The largest absolute Gasteiger partial charge is 0.444 e. The smallest absolute Gasteiger partial charge is 0.410 e. The number of aryl methyl sites for hydroxylation is 2. The van der Waals surface area contributed by atoms with Gasteiger partial charge in [0.05, 0.1) is 22.9 Å². The zero-order chi connectivity index (χ0) is 35.2. The number of ether oxygens (including phenoxy) is 2. The summed E-state index contributed by atoms with van der Waals surface area (Å²) in [6, 6.07) is 19.4. The third-order valence-electron chi connectivity index (χ3n) is 8.01. The van der Waals surface area contributed by atoms with Crippen molar-refractivity contribution in [1.29, 1.82) is 0 Å². The van der Waals surface area contributed by atoms with Crippen LogP contribution in [0.25, 0.3) is 44.2 Å². The molecule has 5 rings (SSSR count). The number of aromatic nitrogens is 4. The Morgan fingerprint density at radius 2 is 1.39 bits per heavy atom. The van der Waals surface area contributed by atoms with Gasteiger partial charge in [-0.05, 0) is 113 Å². The van der Waals surface area contributed by atoms with Crippen molar-refractivity contribution in [3.8, 4) is 22.4 Å². The lowest BCUT2D eigenvalue weighted by atomic mass is 9.99. The van der Waals surface area contributed by atoms with E-state index in [1.807, 2.05) is 47.7 Å². The summed E-state index contributed by atoms with van der Waals surface area (Å²) in [7, 11) is 1.78. The van der Waals surface area contributed by atoms with Crippen LogP contribution in [0.3, 0.4) is 0 Å². The fourth-order valence-electron chi connectivity index (χ4n) is 5.58. The van der Waals surface area contributed by atoms with Crippen LogP contribution in [0.5, 0.6) is 0 Å². The number of rotatable bonds is 12. The van der Waals surface area contributed by atoms with Crippen LogP contribution < -0.4 is 5.32 Å². The Bertz CT molecular complexity index is 1900. The van der Waals surface area contributed by atoms with Gasteiger partial charge in [-0.3, -0.25) is 0 Å². The third kappa shape index (κ3) is 10.3. The van der Waals surface area contributed by atoms with Gasteiger partial charge in [0.2, 0.25) is 0 Å². The molecule has 0 saturated heterocycles. The highest BCUT2D eigenvalue weighted by molar-refractivity contribution is 5.91. The number of benzene rings is 3. The number of alkyl carbamates (subject to hydrolysis) is 1. The molecule has 0 radical (unpaired) electrons. The predicted molar refractivity (Wildman–Crippen MR) is 196 cm³/mol. The second-order valence-corrected chi connectivity index (χ2v) is 14.7. The molecule has 2 heterocycles. The molecule has 0 aliphatic carbocycles. The summed E-state index contributed by atoms with van der Waals surface area (Å²) >= 11 is 0. The number of carbonyl (C=O) groups excluding carboxylic acids is 2. The molecule has 2 amide bonds. The van der Waals surface area contributed by atoms with E-state index in [1.54, 1.807) is 11.9 Å². The SMILES string of the molecule is CN(CCCCc1nc2ccc(-c3ccc4cc(-c5cnc(CCCCNC(=O)OC(C)(C)C)[nH]5)ccc4c3)cc2[nH]1)C(=O)OC(C)(C)C. The monoisotopic (exact) mass is 666 g/mol. The van der Waals surface area contributed by atoms with E-state index in [1.165, 1.54) is 5.39 Å². The minimum Gasteiger partial charge on any atom is -0.444 e. The van der Waals surface area contributed by atoms with Gasteiger partial charge >= 0.3 is 12.2 Å². The number of H-pyrrole nitrogens is 2. The van der Waals surface area contributed by atoms with Crippen LogP contribution in [0.1, 0.15) is 78.9 Å². The molecule has 0 saturated carbocycles. The number of nitrogens with one attached hydrogen (secondary N) is 3. The van der Waals surface area contributed by atoms with E-state index >= 15 is 0 Å². The van der Waals surface area contributed by atoms with E-state index in [0.29, 0.717) is 13.1 Å². The van der Waals surface area contributed by atoms with Crippen LogP contribution in [0, 0.1) is 0 Å². The highest BCUT2D eigenvalue weighted by atomic mass is 16.6. The lowest BCUT2D eigenvalue weighted by molar-refractivity contribution is 0.0296. The summed E-state index contributed by atoms with van der Waals surface area (Å²) in [5, 5.41) is 5.13. The molecular formula is C39H50N6O4. The van der Waals surface area contributed by atoms with Crippen molar-refractivity contribution in [3.05, 3.63) is 72.4 Å². The summed E-state index contributed by atoms with van der Waals surface area (Å²) in [6.45, 7) is 12.4. The lowest BCUT2D eigenvalue weighted by Gasteiger charge is -2.24. The molecule has 49 heavy (non-hydrogen) atoms. The van der Waals surface area contributed by atoms with Crippen molar-refractivity contribution < 1.29 is 19.1 Å². The fraction of sp³-hybridized carbons (Fsp3) is 0.436. The highest BCUT2D eigenvalue weighted by Gasteiger charge is 2.19. The van der Waals surface area contributed by atoms with E-state index in [4.69, 9.17) is 14.5 Å². The zero-order valence-corrected chi connectivity index (χ0v) is 29.9. The summed E-state index contributed by atoms with van der Waals surface area (Å²) in [6.07, 6.45) is 6.38. The van der Waals surface area contributed by atoms with Gasteiger partial charge in [0.15, 0.2) is 0 Å². The quantitative estimate of drug-likeness (QED) is 0.114. The Kier molecular flexibility index (Phi) is 11.0. The Morgan fingerprint density at radius 1 is 0.755 bits per heavy atom. The number of hydrogen-bond acceptors (Lipinski definition) is 6. The highest BCUT2D eigenvalue weighted by Crippen LogP contribution is 2.30. The molecule has 0 atom stereocenters. The predicted octanol–water partition coefficient (Wildman–Crippen LogP) is 8.81. The van der Waals surface area contributed by atoms with Crippen molar-refractivity contribution in [2.24, 2.45) is 0 Å². The first-order valence-electron chi connectivity index (χ1n) is 17.2. The Balaban J connectivity index is 1.14. The Labute approximate surface area is 289 Å². The molecule has 3 N–H and O–H groups in total. The Morgan fingerprint density at radius 3 is 2.12 bits per heavy atom. The first-order chi connectivity index (χ1) is 23.2. The minimum atomic E-state index is -0.492. The van der Waals surface area contributed by atoms with Gasteiger partial charge in [-0.2, -0.15) is 0 Å². The normalized spacial score (nSPS) is 12.0. The van der Waals surface area contributed by atoms with Crippen molar-refractivity contribution in [3.63, 3.8) is 0 Å². The van der Waals surface area contributed by atoms with Crippen molar-refractivity contribution in [2.75, 3.05) is 20.1 Å². The van der Waals surface area contributed by atoms with E-state index in [-0.39, 0.29) is 12.2 Å². The summed E-state index contributed by atoms with van der Waals surface area (Å²) < 4.78 is 10.7. The number of unbranched alkanes of at least 4 members (excludes halogenated alkanes) is 2. The van der Waals surface area contributed by atoms with Gasteiger partial charge in [-0.15, -0.1) is 0 Å². The van der Waals surface area contributed by atoms with E-state index in [0.717, 1.165) is 89.0 Å². The standard InChI is InChI=1S/C39H50N6O4/c1-38(2,3)48-36(46)40-20-10-8-12-34-41-25-33(44-34)30-17-16-26-22-27(14-15-28(26)23-30)29-18-19-31-32(24-29)43-35(42-31)13-9-11-21-45(7)37(47)49-39(4,5)6/h14-19,22-25H,8-13,20-21H2,1-7H3,(H,40,46)(H,41,44)(H,42,43). The molecule has 2 aromatic heterocycles. The van der Waals surface area contributed by atoms with Crippen LogP contribution in [0.2, 0.25) is 0 Å². The molecule has 0 fully saturated rings. The maximum Gasteiger partial charge on any atom is 0.410 e. The lowest BCUT2D eigenvalue weighted by Crippen LogP contribution is -2.34. The number of fused-ring (bicyclic) bond motifs is 2. The van der Waals surface area contributed by atoms with Gasteiger partial charge in [0.25, 0.3) is 0 Å². The molecule has 260 valence electrons. The van der Waals surface area contributed by atoms with E-state index in [9.17, 15) is 9.59 Å². The van der Waals surface area contributed by atoms with Gasteiger partial charge in [-0.25, -0.2) is 19.6 Å². The summed E-state index contributed by atoms with van der Waals surface area (Å²) in [4.78, 5) is 42.0. The molecule has 0 aliphatic rings. The molecule has 5 aromatic rings. The summed E-state index contributed by atoms with van der Waals surface area (Å²) in [5.74, 6) is 1.89. The van der Waals surface area contributed by atoms with Crippen LogP contribution in [-0.2, 0) is 22.3 Å². The number of aromatic amines is 2. The third-order valence-corrected chi connectivity index (χ3v) is 8.01. The minimum absolute atomic E-state index is 0.291. The molecule has 0 unspecified atom stereocenters. The average Bonchev–Trinajstić information content (AvgIpc) is 3.67. The Hall–Kier alpha value is -4.86. The van der Waals surface area contributed by atoms with Crippen molar-refractivity contribution >= 4 is 34.0 Å². The van der Waals surface area contributed by atoms with Gasteiger partial charge in [0.1, 0.15) is 22.9 Å². The molecule has 0 aliphatic heterocycles. The molecule has 3 aromatic carbocycles. The number of carbonyl (C=O) groups is 2. The van der Waals surface area contributed by atoms with Gasteiger partial charge in [-0.1, -0.05) is 30.3 Å². The second kappa shape index (κ2) is 15.1. The summed E-state index contributed by atoms with van der Waals surface area (Å²) in [5.41, 5.74) is 5.34. The first-order valence-corrected chi connectivity index (χ1v) is 17.2. The van der Waals surface area contributed by atoms with Gasteiger partial charge < -0.3 is 29.7 Å². The molecular weight excluding hydrogens is 616 g/mol. The zero-order valence-electron chi connectivity index (χ0n) is 29.9. The number of nitrogens with zero attached hydrogens (tertiary/aromatic N) is 3. The number of hydrogen-bond donors (Lipinski definition) is 3.